The first-order chi connectivity index (χ1) is 46.1. The van der Waals surface area contributed by atoms with E-state index in [4.69, 9.17) is 37.9 Å². The Kier molecular flexibility index (Phi) is 17.4. The van der Waals surface area contributed by atoms with Gasteiger partial charge in [-0.15, -0.1) is 0 Å². The fraction of sp³-hybridized carbons (Fsp3) is 0.333. The molecule has 18 nitrogen and oxygen atoms in total. The smallest absolute Gasteiger partial charge is 0.160 e. The molecule has 10 N–H and O–H groups in total. The Morgan fingerprint density at radius 1 is 0.312 bits per heavy atom. The Hall–Kier alpha value is -9.40. The number of rotatable bonds is 12. The van der Waals surface area contributed by atoms with Gasteiger partial charge >= 0.3 is 0 Å². The van der Waals surface area contributed by atoms with Crippen LogP contribution in [0.5, 0.6) is 69.0 Å². The van der Waals surface area contributed by atoms with Gasteiger partial charge in [-0.25, -0.2) is 0 Å². The van der Waals surface area contributed by atoms with Crippen molar-refractivity contribution in [2.75, 3.05) is 28.4 Å². The minimum absolute atomic E-state index is 0.0188. The quantitative estimate of drug-likeness (QED) is 0.0509. The van der Waals surface area contributed by atoms with Gasteiger partial charge in [0, 0.05) is 10.8 Å². The summed E-state index contributed by atoms with van der Waals surface area (Å²) in [4.78, 5) is 0. The number of hydrogen-bond acceptors (Lipinski definition) is 18. The Bertz CT molecular complexity index is 4110. The highest BCUT2D eigenvalue weighted by Crippen LogP contribution is 2.68. The number of aliphatic hydroxyl groups is 2. The Morgan fingerprint density at radius 2 is 0.604 bits per heavy atom. The molecule has 6 aliphatic rings. The third kappa shape index (κ3) is 11.3. The van der Waals surface area contributed by atoms with Crippen molar-refractivity contribution in [3.05, 3.63) is 235 Å². The van der Waals surface area contributed by atoms with Gasteiger partial charge in [-0.3, -0.25) is 0 Å². The van der Waals surface area contributed by atoms with E-state index in [1.54, 1.807) is 84.9 Å². The van der Waals surface area contributed by atoms with Crippen LogP contribution < -0.4 is 18.9 Å². The molecular formula is C78H80O18. The summed E-state index contributed by atoms with van der Waals surface area (Å²) in [5, 5.41) is 108. The minimum Gasteiger partial charge on any atom is -0.508 e. The highest BCUT2D eigenvalue weighted by atomic mass is 16.5. The zero-order valence-electron chi connectivity index (χ0n) is 54.6. The number of phenols is 8. The summed E-state index contributed by atoms with van der Waals surface area (Å²) in [5.41, 5.74) is 11.8. The number of methoxy groups -OCH3 is 4. The maximum atomic E-state index is 12.4. The highest BCUT2D eigenvalue weighted by molar-refractivity contribution is 5.54. The fourth-order valence-electron chi connectivity index (χ4n) is 15.8. The standard InChI is InChI=1S/2C39H40O9/c2*1-20-15-22(5-9-28(20)40)34-26-13-14-39(19-27(26)35(47-34)24-7-11-30(42)33(18-24)46-4)37(44)36(23-6-10-29(41)21(2)16-23)48-38(39)25-8-12-32(45-3)31(43)17-25/h2*5-12,15-18,34-38,40-44H,13-14,19H2,1-4H3/t34-,35+,36+,37-,38-,39+;34-,35+,36+,37-,38-,39-/m00/s1. The van der Waals surface area contributed by atoms with Crippen LogP contribution in [0.3, 0.4) is 0 Å². The summed E-state index contributed by atoms with van der Waals surface area (Å²) < 4.78 is 49.0. The normalized spacial score (nSPS) is 26.6. The van der Waals surface area contributed by atoms with E-state index in [2.05, 4.69) is 0 Å². The molecule has 2 fully saturated rings. The van der Waals surface area contributed by atoms with E-state index < -0.39 is 59.7 Å². The van der Waals surface area contributed by atoms with Crippen molar-refractivity contribution in [1.82, 2.24) is 0 Å². The molecular weight excluding hydrogens is 1220 g/mol. The van der Waals surface area contributed by atoms with Crippen molar-refractivity contribution >= 4 is 0 Å². The fourth-order valence-corrected chi connectivity index (χ4v) is 15.8. The Balaban J connectivity index is 0.000000174. The third-order valence-electron chi connectivity index (χ3n) is 20.9. The molecule has 0 radical (unpaired) electrons. The molecule has 0 unspecified atom stereocenters. The summed E-state index contributed by atoms with van der Waals surface area (Å²) in [7, 11) is 6.00. The molecule has 12 atom stereocenters. The molecule has 14 rings (SSSR count). The van der Waals surface area contributed by atoms with Crippen molar-refractivity contribution in [3.8, 4) is 69.0 Å². The lowest BCUT2D eigenvalue weighted by Gasteiger charge is -2.41. The van der Waals surface area contributed by atoms with Gasteiger partial charge in [0.1, 0.15) is 59.6 Å². The maximum Gasteiger partial charge on any atom is 0.160 e. The van der Waals surface area contributed by atoms with Gasteiger partial charge in [-0.2, -0.15) is 0 Å². The number of aryl methyl sites for hydroxylation is 4. The molecule has 0 saturated carbocycles. The van der Waals surface area contributed by atoms with Crippen molar-refractivity contribution in [2.45, 2.75) is 127 Å². The average molecular weight is 1310 g/mol. The van der Waals surface area contributed by atoms with Crippen LogP contribution in [0.1, 0.15) is 154 Å². The summed E-state index contributed by atoms with van der Waals surface area (Å²) in [6, 6.07) is 42.2. The van der Waals surface area contributed by atoms with Gasteiger partial charge in [-0.05, 0) is 252 Å². The number of benzene rings is 8. The molecule has 2 spiro atoms. The van der Waals surface area contributed by atoms with Crippen LogP contribution in [-0.2, 0) is 18.9 Å². The molecule has 18 heteroatoms. The molecule has 8 aromatic rings. The average Bonchev–Trinajstić information content (AvgIpc) is 1.53. The van der Waals surface area contributed by atoms with Crippen molar-refractivity contribution in [1.29, 1.82) is 0 Å². The van der Waals surface area contributed by atoms with Gasteiger partial charge in [0.15, 0.2) is 46.0 Å². The number of aliphatic hydroxyl groups excluding tert-OH is 2. The Labute approximate surface area is 556 Å². The lowest BCUT2D eigenvalue weighted by atomic mass is 9.62. The van der Waals surface area contributed by atoms with Gasteiger partial charge < -0.3 is 89.0 Å². The zero-order chi connectivity index (χ0) is 67.8. The second-order valence-corrected chi connectivity index (χ2v) is 26.4. The largest absolute Gasteiger partial charge is 0.508 e. The van der Waals surface area contributed by atoms with Crippen LogP contribution >= 0.6 is 0 Å². The predicted molar refractivity (Wildman–Crippen MR) is 355 cm³/mol. The first-order valence-electron chi connectivity index (χ1n) is 32.2. The number of ether oxygens (including phenoxy) is 8. The van der Waals surface area contributed by atoms with E-state index >= 15 is 0 Å². The topological polar surface area (TPSA) is 276 Å². The minimum atomic E-state index is -0.949. The molecule has 0 aromatic heterocycles. The number of phenolic OH excluding ortho intramolecular Hbond substituents is 8. The van der Waals surface area contributed by atoms with Crippen LogP contribution in [0.25, 0.3) is 0 Å². The van der Waals surface area contributed by atoms with E-state index in [-0.39, 0.29) is 58.2 Å². The van der Waals surface area contributed by atoms with Crippen LogP contribution in [0, 0.1) is 38.5 Å². The second-order valence-electron chi connectivity index (χ2n) is 26.4. The van der Waals surface area contributed by atoms with Gasteiger partial charge in [0.05, 0.1) is 52.9 Å². The summed E-state index contributed by atoms with van der Waals surface area (Å²) in [6.07, 6.45) is -3.13. The highest BCUT2D eigenvalue weighted by Gasteiger charge is 2.62. The van der Waals surface area contributed by atoms with Crippen LogP contribution in [0.2, 0.25) is 0 Å². The van der Waals surface area contributed by atoms with Gasteiger partial charge in [0.2, 0.25) is 0 Å². The van der Waals surface area contributed by atoms with E-state index in [0.717, 1.165) is 66.8 Å². The lowest BCUT2D eigenvalue weighted by molar-refractivity contribution is 0.00306. The number of aromatic hydroxyl groups is 8. The molecule has 0 bridgehead atoms. The number of hydrogen-bond donors (Lipinski definition) is 10. The zero-order valence-corrected chi connectivity index (χ0v) is 54.6. The van der Waals surface area contributed by atoms with Crippen molar-refractivity contribution in [3.63, 3.8) is 0 Å². The maximum absolute atomic E-state index is 12.4. The molecule has 4 aliphatic heterocycles. The summed E-state index contributed by atoms with van der Waals surface area (Å²) in [5.74, 6) is 2.06. The van der Waals surface area contributed by atoms with E-state index in [0.29, 0.717) is 83.8 Å². The Morgan fingerprint density at radius 3 is 0.927 bits per heavy atom. The molecule has 0 amide bonds. The molecule has 8 aromatic carbocycles. The third-order valence-corrected chi connectivity index (χ3v) is 20.9. The first kappa shape index (κ1) is 65.3. The molecule has 2 aliphatic carbocycles. The van der Waals surface area contributed by atoms with Crippen LogP contribution in [0.15, 0.2) is 168 Å². The van der Waals surface area contributed by atoms with E-state index in [1.165, 1.54) is 28.4 Å². The molecule has 96 heavy (non-hydrogen) atoms. The summed E-state index contributed by atoms with van der Waals surface area (Å²) >= 11 is 0. The lowest BCUT2D eigenvalue weighted by Crippen LogP contribution is -2.39. The van der Waals surface area contributed by atoms with Gasteiger partial charge in [-0.1, -0.05) is 48.5 Å². The first-order valence-corrected chi connectivity index (χ1v) is 32.2. The van der Waals surface area contributed by atoms with Crippen LogP contribution in [0.4, 0.5) is 0 Å². The predicted octanol–water partition coefficient (Wildman–Crippen LogP) is 14.6. The van der Waals surface area contributed by atoms with Crippen LogP contribution in [-0.4, -0.2) is 91.7 Å². The molecule has 2 saturated heterocycles. The SMILES string of the molecule is COc1ccc([C@@H]2O[C@H](c3ccc(O)c(C)c3)[C@H](O)[C@@]23CCC2=C(C3)[C@@H](c3ccc(O)c(OC)c3)O[C@H]2c2ccc(O)c(C)c2)cc1O.COc1ccc([C@@H]2O[C@H](c3ccc(O)c(C)c3)[C@H](O)[C@]23CCC2=C(C3)[C@@H](c3ccc(O)c(OC)c3)O[C@H]2c2ccc(O)c(C)c2)cc1O. The van der Waals surface area contributed by atoms with Crippen molar-refractivity contribution < 1.29 is 89.0 Å². The molecule has 500 valence electrons. The van der Waals surface area contributed by atoms with Crippen molar-refractivity contribution in [2.24, 2.45) is 10.8 Å². The molecule has 4 heterocycles. The monoisotopic (exact) mass is 1300 g/mol. The second kappa shape index (κ2) is 25.6. The van der Waals surface area contributed by atoms with Gasteiger partial charge in [0.25, 0.3) is 0 Å². The van der Waals surface area contributed by atoms with E-state index in [9.17, 15) is 51.1 Å². The van der Waals surface area contributed by atoms with E-state index in [1.807, 2.05) is 88.4 Å². The summed E-state index contributed by atoms with van der Waals surface area (Å²) in [6.45, 7) is 7.33.